The maximum atomic E-state index is 12.8. The third-order valence-corrected chi connectivity index (χ3v) is 7.11. The standard InChI is InChI=1S/C18H17NO2S2/c20-23(21,16-8-3-6-14-5-1-2-7-15(14)16)19-13-18(10-11-18)17-9-4-12-22-17/h1-9,12,19H,10-11,13H2. The first-order valence-corrected chi connectivity index (χ1v) is 9.99. The molecule has 1 aliphatic rings. The zero-order valence-electron chi connectivity index (χ0n) is 12.5. The summed E-state index contributed by atoms with van der Waals surface area (Å²) >= 11 is 1.71. The average molecular weight is 343 g/mol. The van der Waals surface area contributed by atoms with E-state index in [4.69, 9.17) is 0 Å². The van der Waals surface area contributed by atoms with Crippen LogP contribution in [-0.4, -0.2) is 15.0 Å². The molecule has 0 spiro atoms. The van der Waals surface area contributed by atoms with Gasteiger partial charge in [-0.2, -0.15) is 0 Å². The van der Waals surface area contributed by atoms with Crippen LogP contribution in [0.4, 0.5) is 0 Å². The van der Waals surface area contributed by atoms with Crippen LogP contribution >= 0.6 is 11.3 Å². The number of benzene rings is 2. The van der Waals surface area contributed by atoms with Crippen molar-refractivity contribution in [2.24, 2.45) is 0 Å². The first-order valence-electron chi connectivity index (χ1n) is 7.62. The minimum Gasteiger partial charge on any atom is -0.210 e. The molecule has 2 aromatic carbocycles. The Morgan fingerprint density at radius 2 is 1.78 bits per heavy atom. The molecule has 4 rings (SSSR count). The van der Waals surface area contributed by atoms with Gasteiger partial charge in [0, 0.05) is 22.2 Å². The third kappa shape index (κ3) is 2.69. The van der Waals surface area contributed by atoms with Crippen LogP contribution in [0, 0.1) is 0 Å². The molecule has 0 amide bonds. The van der Waals surface area contributed by atoms with E-state index in [9.17, 15) is 8.42 Å². The summed E-state index contributed by atoms with van der Waals surface area (Å²) in [5.41, 5.74) is 0.00577. The monoisotopic (exact) mass is 343 g/mol. The van der Waals surface area contributed by atoms with Crippen molar-refractivity contribution < 1.29 is 8.42 Å². The second-order valence-electron chi connectivity index (χ2n) is 6.06. The minimum absolute atomic E-state index is 0.00577. The number of sulfonamides is 1. The lowest BCUT2D eigenvalue weighted by atomic mass is 10.1. The van der Waals surface area contributed by atoms with E-state index in [1.807, 2.05) is 36.4 Å². The predicted octanol–water partition coefficient (Wildman–Crippen LogP) is 3.91. The van der Waals surface area contributed by atoms with E-state index in [0.29, 0.717) is 11.4 Å². The van der Waals surface area contributed by atoms with Crippen LogP contribution in [0.5, 0.6) is 0 Å². The van der Waals surface area contributed by atoms with Crippen molar-refractivity contribution in [3.63, 3.8) is 0 Å². The molecule has 5 heteroatoms. The topological polar surface area (TPSA) is 46.2 Å². The Morgan fingerprint density at radius 3 is 2.52 bits per heavy atom. The Bertz CT molecular complexity index is 937. The van der Waals surface area contributed by atoms with Gasteiger partial charge in [0.1, 0.15) is 0 Å². The molecule has 23 heavy (non-hydrogen) atoms. The Balaban J connectivity index is 1.63. The number of fused-ring (bicyclic) bond motifs is 1. The molecule has 1 saturated carbocycles. The van der Waals surface area contributed by atoms with E-state index < -0.39 is 10.0 Å². The fourth-order valence-corrected chi connectivity index (χ4v) is 5.32. The SMILES string of the molecule is O=S(=O)(NCC1(c2cccs2)CC1)c1cccc2ccccc12. The van der Waals surface area contributed by atoms with E-state index in [1.54, 1.807) is 23.5 Å². The Kier molecular flexibility index (Phi) is 3.52. The molecule has 1 aromatic heterocycles. The smallest absolute Gasteiger partial charge is 0.210 e. The van der Waals surface area contributed by atoms with Crippen LogP contribution in [-0.2, 0) is 15.4 Å². The molecule has 1 fully saturated rings. The number of hydrogen-bond donors (Lipinski definition) is 1. The molecule has 0 atom stereocenters. The summed E-state index contributed by atoms with van der Waals surface area (Å²) in [5.74, 6) is 0. The third-order valence-electron chi connectivity index (χ3n) is 4.54. The normalized spacial score (nSPS) is 16.5. The van der Waals surface area contributed by atoms with Crippen LogP contribution in [0.25, 0.3) is 10.8 Å². The highest BCUT2D eigenvalue weighted by molar-refractivity contribution is 7.89. The second-order valence-corrected chi connectivity index (χ2v) is 8.74. The minimum atomic E-state index is -3.52. The van der Waals surface area contributed by atoms with Gasteiger partial charge < -0.3 is 0 Å². The van der Waals surface area contributed by atoms with E-state index in [2.05, 4.69) is 16.2 Å². The fraction of sp³-hybridized carbons (Fsp3) is 0.222. The average Bonchev–Trinajstić information content (AvgIpc) is 3.16. The van der Waals surface area contributed by atoms with Crippen molar-refractivity contribution in [1.29, 1.82) is 0 Å². The van der Waals surface area contributed by atoms with Gasteiger partial charge >= 0.3 is 0 Å². The molecule has 0 saturated heterocycles. The van der Waals surface area contributed by atoms with Crippen molar-refractivity contribution in [3.05, 3.63) is 64.9 Å². The highest BCUT2D eigenvalue weighted by Crippen LogP contribution is 2.49. The summed E-state index contributed by atoms with van der Waals surface area (Å²) in [7, 11) is -3.52. The zero-order chi connectivity index (χ0) is 15.9. The van der Waals surface area contributed by atoms with E-state index >= 15 is 0 Å². The lowest BCUT2D eigenvalue weighted by Crippen LogP contribution is -2.32. The van der Waals surface area contributed by atoms with Gasteiger partial charge in [-0.3, -0.25) is 0 Å². The molecule has 0 unspecified atom stereocenters. The van der Waals surface area contributed by atoms with Crippen molar-refractivity contribution in [2.45, 2.75) is 23.2 Å². The number of hydrogen-bond acceptors (Lipinski definition) is 3. The molecule has 1 N–H and O–H groups in total. The first-order chi connectivity index (χ1) is 11.1. The van der Waals surface area contributed by atoms with Gasteiger partial charge in [0.15, 0.2) is 0 Å². The summed E-state index contributed by atoms with van der Waals surface area (Å²) in [4.78, 5) is 1.63. The Hall–Kier alpha value is -1.69. The summed E-state index contributed by atoms with van der Waals surface area (Å²) < 4.78 is 28.4. The molecule has 1 heterocycles. The molecule has 1 aliphatic carbocycles. The highest BCUT2D eigenvalue weighted by Gasteiger charge is 2.45. The highest BCUT2D eigenvalue weighted by atomic mass is 32.2. The van der Waals surface area contributed by atoms with E-state index in [1.165, 1.54) is 4.88 Å². The van der Waals surface area contributed by atoms with Gasteiger partial charge in [0.25, 0.3) is 0 Å². The van der Waals surface area contributed by atoms with Crippen LogP contribution in [0.1, 0.15) is 17.7 Å². The molecule has 3 nitrogen and oxygen atoms in total. The summed E-state index contributed by atoms with van der Waals surface area (Å²) in [6, 6.07) is 17.1. The Labute approximate surface area is 140 Å². The largest absolute Gasteiger partial charge is 0.241 e. The zero-order valence-corrected chi connectivity index (χ0v) is 14.2. The van der Waals surface area contributed by atoms with Crippen molar-refractivity contribution >= 4 is 32.1 Å². The fourth-order valence-electron chi connectivity index (χ4n) is 2.98. The predicted molar refractivity (Wildman–Crippen MR) is 94.4 cm³/mol. The van der Waals surface area contributed by atoms with E-state index in [-0.39, 0.29) is 5.41 Å². The first kappa shape index (κ1) is 14.9. The van der Waals surface area contributed by atoms with Gasteiger partial charge in [0.05, 0.1) is 4.90 Å². The molecular weight excluding hydrogens is 326 g/mol. The van der Waals surface area contributed by atoms with Gasteiger partial charge in [-0.1, -0.05) is 42.5 Å². The van der Waals surface area contributed by atoms with Crippen molar-refractivity contribution in [3.8, 4) is 0 Å². The van der Waals surface area contributed by atoms with Gasteiger partial charge in [-0.05, 0) is 35.7 Å². The Morgan fingerprint density at radius 1 is 1.00 bits per heavy atom. The van der Waals surface area contributed by atoms with Gasteiger partial charge in [-0.15, -0.1) is 11.3 Å². The molecule has 0 aliphatic heterocycles. The number of thiophene rings is 1. The molecule has 0 radical (unpaired) electrons. The molecule has 0 bridgehead atoms. The van der Waals surface area contributed by atoms with Crippen LogP contribution in [0.15, 0.2) is 64.9 Å². The van der Waals surface area contributed by atoms with Crippen LogP contribution in [0.3, 0.4) is 0 Å². The lowest BCUT2D eigenvalue weighted by molar-refractivity contribution is 0.569. The van der Waals surface area contributed by atoms with E-state index in [0.717, 1.165) is 23.6 Å². The summed E-state index contributed by atoms with van der Waals surface area (Å²) in [6.45, 7) is 0.471. The maximum Gasteiger partial charge on any atom is 0.241 e. The van der Waals surface area contributed by atoms with Crippen LogP contribution < -0.4 is 4.72 Å². The van der Waals surface area contributed by atoms with Crippen molar-refractivity contribution in [1.82, 2.24) is 4.72 Å². The van der Waals surface area contributed by atoms with Crippen LogP contribution in [0.2, 0.25) is 0 Å². The second kappa shape index (κ2) is 5.44. The number of rotatable bonds is 5. The molecule has 3 aromatic rings. The number of nitrogens with one attached hydrogen (secondary N) is 1. The van der Waals surface area contributed by atoms with Gasteiger partial charge in [-0.25, -0.2) is 13.1 Å². The quantitative estimate of drug-likeness (QED) is 0.763. The van der Waals surface area contributed by atoms with Gasteiger partial charge in [0.2, 0.25) is 10.0 Å². The lowest BCUT2D eigenvalue weighted by Gasteiger charge is -2.15. The summed E-state index contributed by atoms with van der Waals surface area (Å²) in [5, 5.41) is 3.76. The van der Waals surface area contributed by atoms with Crippen molar-refractivity contribution in [2.75, 3.05) is 6.54 Å². The summed E-state index contributed by atoms with van der Waals surface area (Å²) in [6.07, 6.45) is 2.09. The molecular formula is C18H17NO2S2. The maximum absolute atomic E-state index is 12.8. The molecule has 118 valence electrons.